The van der Waals surface area contributed by atoms with E-state index in [2.05, 4.69) is 33.3 Å². The van der Waals surface area contributed by atoms with E-state index in [4.69, 9.17) is 4.42 Å². The number of nitrogens with one attached hydrogen (secondary N) is 2. The Bertz CT molecular complexity index is 1010. The van der Waals surface area contributed by atoms with Gasteiger partial charge in [0.05, 0.1) is 24.1 Å². The average molecular weight is 448 g/mol. The van der Waals surface area contributed by atoms with Gasteiger partial charge in [-0.1, -0.05) is 33.8 Å². The van der Waals surface area contributed by atoms with E-state index in [1.54, 1.807) is 32.5 Å². The van der Waals surface area contributed by atoms with E-state index in [0.29, 0.717) is 18.2 Å². The fourth-order valence-electron chi connectivity index (χ4n) is 2.61. The van der Waals surface area contributed by atoms with Crippen molar-refractivity contribution in [2.75, 3.05) is 19.4 Å². The molecule has 1 atom stereocenters. The summed E-state index contributed by atoms with van der Waals surface area (Å²) in [6, 6.07) is 6.68. The Balaban J connectivity index is 0.00000166. The maximum Gasteiger partial charge on any atom is 0.269 e. The van der Waals surface area contributed by atoms with E-state index < -0.39 is 11.2 Å². The van der Waals surface area contributed by atoms with Crippen LogP contribution in [-0.4, -0.2) is 45.9 Å². The lowest BCUT2D eigenvalue weighted by molar-refractivity contribution is 0.0824. The van der Waals surface area contributed by atoms with Crippen molar-refractivity contribution in [2.45, 2.75) is 40.2 Å². The quantitative estimate of drug-likeness (QED) is 0.604. The third kappa shape index (κ3) is 5.94. The second-order valence-corrected chi connectivity index (χ2v) is 7.82. The minimum atomic E-state index is -1.78. The van der Waals surface area contributed by atoms with Crippen LogP contribution in [0.3, 0.4) is 0 Å². The van der Waals surface area contributed by atoms with Crippen molar-refractivity contribution < 1.29 is 18.5 Å². The van der Waals surface area contributed by atoms with E-state index in [1.807, 2.05) is 19.9 Å². The highest BCUT2D eigenvalue weighted by Gasteiger charge is 2.22. The topological polar surface area (TPSA) is 120 Å². The van der Waals surface area contributed by atoms with Crippen LogP contribution in [0.15, 0.2) is 43.7 Å². The van der Waals surface area contributed by atoms with Crippen molar-refractivity contribution in [3.05, 3.63) is 47.4 Å². The Kier molecular flexibility index (Phi) is 8.38. The number of anilines is 1. The molecule has 9 nitrogen and oxygen atoms in total. The average Bonchev–Trinajstić information content (AvgIpc) is 3.35. The molecule has 0 saturated carbocycles. The molecule has 1 aromatic heterocycles. The van der Waals surface area contributed by atoms with Gasteiger partial charge in [-0.2, -0.15) is 0 Å². The van der Waals surface area contributed by atoms with Crippen LogP contribution in [0.2, 0.25) is 0 Å². The number of hydrogen-bond acceptors (Lipinski definition) is 6. The Labute approximate surface area is 185 Å². The molecule has 1 aliphatic heterocycles. The highest BCUT2D eigenvalue weighted by Crippen LogP contribution is 2.28. The van der Waals surface area contributed by atoms with Gasteiger partial charge in [0.1, 0.15) is 5.76 Å². The number of rotatable bonds is 5. The van der Waals surface area contributed by atoms with Gasteiger partial charge in [0.25, 0.3) is 17.1 Å². The summed E-state index contributed by atoms with van der Waals surface area (Å²) in [4.78, 5) is 13.6. The van der Waals surface area contributed by atoms with Crippen LogP contribution in [0.4, 0.5) is 5.69 Å². The third-order valence-corrected chi connectivity index (χ3v) is 4.94. The number of amides is 1. The number of hydrogen-bond donors (Lipinski definition) is 3. The molecule has 2 heterocycles. The molecule has 0 aliphatic carbocycles. The molecule has 10 heteroatoms. The van der Waals surface area contributed by atoms with Crippen molar-refractivity contribution in [3.8, 4) is 5.75 Å². The predicted molar refractivity (Wildman–Crippen MR) is 124 cm³/mol. The molecule has 0 radical (unpaired) electrons. The monoisotopic (exact) mass is 447 g/mol. The summed E-state index contributed by atoms with van der Waals surface area (Å²) in [5.41, 5.74) is 1.48. The minimum Gasteiger partial charge on any atom is -0.505 e. The summed E-state index contributed by atoms with van der Waals surface area (Å²) in [5, 5.41) is 16.4. The molecule has 168 valence electrons. The van der Waals surface area contributed by atoms with Crippen LogP contribution >= 0.6 is 0 Å². The van der Waals surface area contributed by atoms with Gasteiger partial charge < -0.3 is 25.1 Å². The van der Waals surface area contributed by atoms with Crippen molar-refractivity contribution >= 4 is 34.4 Å². The lowest BCUT2D eigenvalue weighted by Crippen LogP contribution is -2.33. The van der Waals surface area contributed by atoms with E-state index in [9.17, 15) is 14.1 Å². The highest BCUT2D eigenvalue weighted by atomic mass is 32.2. The first kappa shape index (κ1) is 24.1. The maximum atomic E-state index is 12.2. The SMILES string of the molecule is CC.CC(C)c1coc(CNC2=NS(=O)N=C2Nc2cccc(C(=O)N(C)C)c2O)c1. The lowest BCUT2D eigenvalue weighted by atomic mass is 10.1. The van der Waals surface area contributed by atoms with E-state index in [0.717, 1.165) is 5.56 Å². The molecule has 1 aromatic carbocycles. The summed E-state index contributed by atoms with van der Waals surface area (Å²) >= 11 is -1.78. The zero-order valence-corrected chi connectivity index (χ0v) is 19.4. The van der Waals surface area contributed by atoms with Gasteiger partial charge in [-0.05, 0) is 29.7 Å². The first-order chi connectivity index (χ1) is 14.8. The molecule has 1 aliphatic rings. The van der Waals surface area contributed by atoms with Crippen LogP contribution in [0.1, 0.15) is 55.3 Å². The molecular weight excluding hydrogens is 418 g/mol. The number of carbonyl (C=O) groups excluding carboxylic acids is 1. The summed E-state index contributed by atoms with van der Waals surface area (Å²) < 4.78 is 25.2. The van der Waals surface area contributed by atoms with Crippen molar-refractivity contribution in [1.82, 2.24) is 10.2 Å². The molecule has 0 spiro atoms. The molecule has 2 aromatic rings. The molecule has 31 heavy (non-hydrogen) atoms. The maximum absolute atomic E-state index is 12.2. The number of furan rings is 1. The summed E-state index contributed by atoms with van der Waals surface area (Å²) in [5.74, 6) is 0.961. The lowest BCUT2D eigenvalue weighted by Gasteiger charge is -2.15. The number of para-hydroxylation sites is 1. The number of aromatic hydroxyl groups is 1. The molecule has 0 saturated heterocycles. The largest absolute Gasteiger partial charge is 0.505 e. The number of phenols is 1. The summed E-state index contributed by atoms with van der Waals surface area (Å²) in [6.45, 7) is 8.47. The third-order valence-electron chi connectivity index (χ3n) is 4.26. The smallest absolute Gasteiger partial charge is 0.269 e. The van der Waals surface area contributed by atoms with Gasteiger partial charge in [0.2, 0.25) is 0 Å². The van der Waals surface area contributed by atoms with Gasteiger partial charge in [-0.3, -0.25) is 4.79 Å². The minimum absolute atomic E-state index is 0.142. The van der Waals surface area contributed by atoms with Gasteiger partial charge in [0, 0.05) is 14.1 Å². The molecule has 1 unspecified atom stereocenters. The number of amidine groups is 2. The molecule has 3 N–H and O–H groups in total. The van der Waals surface area contributed by atoms with Crippen molar-refractivity contribution in [3.63, 3.8) is 0 Å². The molecule has 0 bridgehead atoms. The predicted octanol–water partition coefficient (Wildman–Crippen LogP) is 3.43. The summed E-state index contributed by atoms with van der Waals surface area (Å²) in [6.07, 6.45) is 1.70. The van der Waals surface area contributed by atoms with Crippen LogP contribution in [0.25, 0.3) is 0 Å². The fraction of sp³-hybridized carbons (Fsp3) is 0.381. The van der Waals surface area contributed by atoms with Crippen LogP contribution in [0, 0.1) is 0 Å². The molecule has 0 fully saturated rings. The molecule has 1 amide bonds. The normalized spacial score (nSPS) is 15.0. The number of phenolic OH excluding ortho intramolecular Hbond substituents is 1. The van der Waals surface area contributed by atoms with Crippen LogP contribution in [-0.2, 0) is 17.7 Å². The van der Waals surface area contributed by atoms with Gasteiger partial charge in [-0.25, -0.2) is 4.21 Å². The second-order valence-electron chi connectivity index (χ2n) is 6.99. The Morgan fingerprint density at radius 2 is 1.90 bits per heavy atom. The van der Waals surface area contributed by atoms with Crippen LogP contribution < -0.4 is 10.6 Å². The first-order valence-electron chi connectivity index (χ1n) is 9.98. The van der Waals surface area contributed by atoms with E-state index >= 15 is 0 Å². The fourth-order valence-corrected chi connectivity index (χ4v) is 3.25. The number of nitrogens with zero attached hydrogens (tertiary/aromatic N) is 3. The zero-order valence-electron chi connectivity index (χ0n) is 18.6. The Morgan fingerprint density at radius 1 is 1.23 bits per heavy atom. The Morgan fingerprint density at radius 3 is 2.52 bits per heavy atom. The van der Waals surface area contributed by atoms with E-state index in [1.165, 1.54) is 11.0 Å². The Hall–Kier alpha value is -3.14. The van der Waals surface area contributed by atoms with Gasteiger partial charge in [0.15, 0.2) is 17.4 Å². The first-order valence-corrected chi connectivity index (χ1v) is 11.0. The van der Waals surface area contributed by atoms with Crippen molar-refractivity contribution in [2.24, 2.45) is 8.80 Å². The van der Waals surface area contributed by atoms with Gasteiger partial charge in [-0.15, -0.1) is 8.80 Å². The molecule has 3 rings (SSSR count). The second kappa shape index (κ2) is 10.8. The number of carbonyl (C=O) groups is 1. The van der Waals surface area contributed by atoms with Crippen LogP contribution in [0.5, 0.6) is 5.75 Å². The molecular formula is C21H29N5O4S. The van der Waals surface area contributed by atoms with E-state index in [-0.39, 0.29) is 34.6 Å². The standard InChI is InChI=1S/C19H23N5O4S.C2H6/c1-11(2)12-8-13(28-10-12)9-20-17-18(23-29(27)22-17)21-15-7-5-6-14(16(15)25)19(26)24(3)4;1-2/h5-8,10-11,25H,9H2,1-4H3,(H,20,22)(H,21,23);1-2H3. The highest BCUT2D eigenvalue weighted by molar-refractivity contribution is 7.83. The number of benzene rings is 1. The van der Waals surface area contributed by atoms with Crippen molar-refractivity contribution in [1.29, 1.82) is 0 Å². The van der Waals surface area contributed by atoms with Gasteiger partial charge >= 0.3 is 0 Å². The zero-order chi connectivity index (χ0) is 23.1. The summed E-state index contributed by atoms with van der Waals surface area (Å²) in [7, 11) is 3.19.